The first-order valence-electron chi connectivity index (χ1n) is 9.01. The lowest BCUT2D eigenvalue weighted by atomic mass is 10.1. The number of hydrogen-bond donors (Lipinski definition) is 0. The van der Waals surface area contributed by atoms with Gasteiger partial charge < -0.3 is 9.64 Å². The molecule has 2 aromatic rings. The zero-order valence-electron chi connectivity index (χ0n) is 16.1. The molecule has 0 N–H and O–H groups in total. The fourth-order valence-corrected chi connectivity index (χ4v) is 4.62. The van der Waals surface area contributed by atoms with Crippen molar-refractivity contribution in [3.05, 3.63) is 68.3 Å². The van der Waals surface area contributed by atoms with E-state index in [4.69, 9.17) is 4.74 Å². The average molecular weight is 436 g/mol. The number of ether oxygens (including phenoxy) is 1. The molecule has 1 aliphatic heterocycles. The van der Waals surface area contributed by atoms with E-state index in [1.54, 1.807) is 18.0 Å². The second-order valence-electron chi connectivity index (χ2n) is 6.71. The first kappa shape index (κ1) is 21.6. The molecule has 1 aliphatic rings. The van der Waals surface area contributed by atoms with Gasteiger partial charge in [-0.2, -0.15) is 4.31 Å². The minimum atomic E-state index is -3.88. The van der Waals surface area contributed by atoms with Crippen LogP contribution in [0, 0.1) is 20.2 Å². The zero-order valence-corrected chi connectivity index (χ0v) is 16.9. The molecule has 3 rings (SSSR count). The first-order chi connectivity index (χ1) is 14.2. The monoisotopic (exact) mass is 436 g/mol. The number of nitro groups is 2. The molecule has 2 aromatic carbocycles. The summed E-state index contributed by atoms with van der Waals surface area (Å²) in [5.41, 5.74) is 0.345. The van der Waals surface area contributed by atoms with Crippen molar-refractivity contribution in [3.63, 3.8) is 0 Å². The Morgan fingerprint density at radius 2 is 1.77 bits per heavy atom. The Labute approximate surface area is 172 Å². The second-order valence-corrected chi connectivity index (χ2v) is 8.65. The minimum absolute atomic E-state index is 0.0812. The van der Waals surface area contributed by atoms with Crippen molar-refractivity contribution in [2.75, 3.05) is 38.3 Å². The van der Waals surface area contributed by atoms with Crippen molar-refractivity contribution in [1.82, 2.24) is 4.31 Å². The van der Waals surface area contributed by atoms with Crippen molar-refractivity contribution in [3.8, 4) is 0 Å². The third-order valence-electron chi connectivity index (χ3n) is 4.70. The topological polar surface area (TPSA) is 136 Å². The van der Waals surface area contributed by atoms with Crippen molar-refractivity contribution in [2.45, 2.75) is 11.4 Å². The van der Waals surface area contributed by atoms with Crippen molar-refractivity contribution < 1.29 is 23.0 Å². The number of benzene rings is 2. The fourth-order valence-electron chi connectivity index (χ4n) is 3.20. The summed E-state index contributed by atoms with van der Waals surface area (Å²) in [4.78, 5) is 22.8. The van der Waals surface area contributed by atoms with E-state index in [1.165, 1.54) is 34.6 Å². The Kier molecular flexibility index (Phi) is 6.29. The van der Waals surface area contributed by atoms with E-state index in [9.17, 15) is 28.6 Å². The lowest BCUT2D eigenvalue weighted by molar-refractivity contribution is -0.384. The number of morpholine rings is 1. The third kappa shape index (κ3) is 4.56. The number of non-ortho nitro benzene ring substituents is 1. The SMILES string of the molecule is CN(Cc1cccc([N+](=O)[O-])c1)c1ccc(S(=O)(=O)N2CCOCC2)cc1[N+](=O)[O-]. The van der Waals surface area contributed by atoms with Crippen LogP contribution in [-0.4, -0.2) is 55.9 Å². The van der Waals surface area contributed by atoms with E-state index < -0.39 is 19.9 Å². The highest BCUT2D eigenvalue weighted by molar-refractivity contribution is 7.89. The van der Waals surface area contributed by atoms with Crippen LogP contribution in [0.3, 0.4) is 0 Å². The molecule has 0 amide bonds. The molecule has 0 radical (unpaired) electrons. The molecule has 0 atom stereocenters. The predicted molar refractivity (Wildman–Crippen MR) is 108 cm³/mol. The van der Waals surface area contributed by atoms with Gasteiger partial charge in [-0.15, -0.1) is 0 Å². The Morgan fingerprint density at radius 3 is 2.40 bits per heavy atom. The smallest absolute Gasteiger partial charge is 0.293 e. The second kappa shape index (κ2) is 8.73. The van der Waals surface area contributed by atoms with Crippen LogP contribution in [0.25, 0.3) is 0 Å². The van der Waals surface area contributed by atoms with Crippen LogP contribution in [0.1, 0.15) is 5.56 Å². The van der Waals surface area contributed by atoms with Crippen LogP contribution in [0.4, 0.5) is 17.1 Å². The Morgan fingerprint density at radius 1 is 1.07 bits per heavy atom. The molecule has 30 heavy (non-hydrogen) atoms. The van der Waals surface area contributed by atoms with Gasteiger partial charge in [-0.1, -0.05) is 12.1 Å². The summed E-state index contributed by atoms with van der Waals surface area (Å²) in [6.07, 6.45) is 0. The molecule has 1 saturated heterocycles. The molecule has 11 nitrogen and oxygen atoms in total. The maximum atomic E-state index is 12.8. The molecule has 0 aromatic heterocycles. The zero-order chi connectivity index (χ0) is 21.9. The highest BCUT2D eigenvalue weighted by Gasteiger charge is 2.29. The number of nitrogens with zero attached hydrogens (tertiary/aromatic N) is 4. The molecule has 1 fully saturated rings. The molecular formula is C18H20N4O7S. The summed E-state index contributed by atoms with van der Waals surface area (Å²) < 4.78 is 32.0. The Hall–Kier alpha value is -3.09. The molecule has 1 heterocycles. The molecule has 0 bridgehead atoms. The van der Waals surface area contributed by atoms with Crippen LogP contribution in [0.15, 0.2) is 47.4 Å². The molecule has 0 aliphatic carbocycles. The summed E-state index contributed by atoms with van der Waals surface area (Å²) >= 11 is 0. The van der Waals surface area contributed by atoms with Crippen LogP contribution in [-0.2, 0) is 21.3 Å². The molecule has 0 saturated carbocycles. The van der Waals surface area contributed by atoms with E-state index >= 15 is 0 Å². The summed E-state index contributed by atoms with van der Waals surface area (Å²) in [5, 5.41) is 22.6. The van der Waals surface area contributed by atoms with Crippen LogP contribution >= 0.6 is 0 Å². The number of nitro benzene ring substituents is 2. The van der Waals surface area contributed by atoms with E-state index in [0.717, 1.165) is 6.07 Å². The quantitative estimate of drug-likeness (QED) is 0.476. The van der Waals surface area contributed by atoms with Crippen LogP contribution < -0.4 is 4.90 Å². The van der Waals surface area contributed by atoms with E-state index in [-0.39, 0.29) is 54.8 Å². The van der Waals surface area contributed by atoms with E-state index in [1.807, 2.05) is 0 Å². The van der Waals surface area contributed by atoms with E-state index in [0.29, 0.717) is 5.56 Å². The van der Waals surface area contributed by atoms with Gasteiger partial charge in [0.2, 0.25) is 10.0 Å². The highest BCUT2D eigenvalue weighted by Crippen LogP contribution is 2.32. The average Bonchev–Trinajstić information content (AvgIpc) is 2.74. The van der Waals surface area contributed by atoms with Crippen molar-refractivity contribution >= 4 is 27.1 Å². The first-order valence-corrected chi connectivity index (χ1v) is 10.4. The number of hydrogen-bond acceptors (Lipinski definition) is 8. The molecule has 0 unspecified atom stereocenters. The fraction of sp³-hybridized carbons (Fsp3) is 0.333. The summed E-state index contributed by atoms with van der Waals surface area (Å²) in [5.74, 6) is 0. The molecular weight excluding hydrogens is 416 g/mol. The summed E-state index contributed by atoms with van der Waals surface area (Å²) in [6, 6.07) is 9.71. The number of rotatable bonds is 7. The highest BCUT2D eigenvalue weighted by atomic mass is 32.2. The van der Waals surface area contributed by atoms with Gasteiger partial charge in [0.25, 0.3) is 11.4 Å². The largest absolute Gasteiger partial charge is 0.379 e. The van der Waals surface area contributed by atoms with Gasteiger partial charge in [0.15, 0.2) is 0 Å². The molecule has 0 spiro atoms. The Bertz CT molecular complexity index is 1070. The standard InChI is InChI=1S/C18H20N4O7S/c1-19(13-14-3-2-4-15(11-14)21(23)24)17-6-5-16(12-18(17)22(25)26)30(27,28)20-7-9-29-10-8-20/h2-6,11-12H,7-10,13H2,1H3. The number of anilines is 1. The van der Waals surface area contributed by atoms with Gasteiger partial charge in [0.05, 0.1) is 28.0 Å². The minimum Gasteiger partial charge on any atom is -0.379 e. The maximum Gasteiger partial charge on any atom is 0.293 e. The molecule has 12 heteroatoms. The lowest BCUT2D eigenvalue weighted by Crippen LogP contribution is -2.40. The van der Waals surface area contributed by atoms with Crippen molar-refractivity contribution in [2.24, 2.45) is 0 Å². The predicted octanol–water partition coefficient (Wildman–Crippen LogP) is 2.16. The summed E-state index contributed by atoms with van der Waals surface area (Å²) in [7, 11) is -2.28. The summed E-state index contributed by atoms with van der Waals surface area (Å²) in [6.45, 7) is 1.07. The van der Waals surface area contributed by atoms with Crippen molar-refractivity contribution in [1.29, 1.82) is 0 Å². The van der Waals surface area contributed by atoms with Crippen LogP contribution in [0.5, 0.6) is 0 Å². The normalized spacial score (nSPS) is 15.0. The van der Waals surface area contributed by atoms with Gasteiger partial charge in [-0.3, -0.25) is 20.2 Å². The van der Waals surface area contributed by atoms with Gasteiger partial charge in [0, 0.05) is 44.9 Å². The number of sulfonamides is 1. The lowest BCUT2D eigenvalue weighted by Gasteiger charge is -2.26. The van der Waals surface area contributed by atoms with Gasteiger partial charge in [-0.25, -0.2) is 8.42 Å². The van der Waals surface area contributed by atoms with E-state index in [2.05, 4.69) is 0 Å². The molecule has 160 valence electrons. The Balaban J connectivity index is 1.91. The maximum absolute atomic E-state index is 12.8. The van der Waals surface area contributed by atoms with Crippen LogP contribution in [0.2, 0.25) is 0 Å². The third-order valence-corrected chi connectivity index (χ3v) is 6.60. The van der Waals surface area contributed by atoms with Gasteiger partial charge in [0.1, 0.15) is 5.69 Å². The van der Waals surface area contributed by atoms with Gasteiger partial charge in [-0.05, 0) is 17.7 Å². The van der Waals surface area contributed by atoms with Gasteiger partial charge >= 0.3 is 0 Å².